The van der Waals surface area contributed by atoms with Crippen LogP contribution in [-0.2, 0) is 0 Å². The van der Waals surface area contributed by atoms with Gasteiger partial charge in [0.05, 0.1) is 0 Å². The molecule has 0 spiro atoms. The predicted octanol–water partition coefficient (Wildman–Crippen LogP) is 3.55. The van der Waals surface area contributed by atoms with Gasteiger partial charge in [-0.1, -0.05) is 131 Å². The summed E-state index contributed by atoms with van der Waals surface area (Å²) in [5.74, 6) is 0. The van der Waals surface area contributed by atoms with E-state index < -0.39 is 0 Å². The second kappa shape index (κ2) is 12.4. The van der Waals surface area contributed by atoms with Crippen molar-refractivity contribution in [2.24, 2.45) is 0 Å². The molecule has 1 aromatic heterocycles. The molecule has 0 aliphatic heterocycles. The number of hydrogen-bond donors (Lipinski definition) is 0. The number of benzene rings is 9. The number of para-hydroxylation sites is 1. The first-order valence-electron chi connectivity index (χ1n) is 17.8. The van der Waals surface area contributed by atoms with Gasteiger partial charge in [-0.15, -0.1) is 21.9 Å². The summed E-state index contributed by atoms with van der Waals surface area (Å²) >= 11 is 0. The largest absolute Gasteiger partial charge is 0.456 e. The van der Waals surface area contributed by atoms with E-state index in [-0.39, 0.29) is 43.7 Å². The third-order valence-corrected chi connectivity index (χ3v) is 11.3. The summed E-state index contributed by atoms with van der Waals surface area (Å²) in [5, 5.41) is 8.24. The molecule has 1 heterocycles. The number of rotatable bonds is 3. The molecular formula is C46H20B8O. The standard InChI is InChI=1S/C46H20B8O/c47-39-35-33(27-20-19-26(24-12-3-4-13-25(24)27)23-15-7-10-21-9-1-2-11-22(21)23)36-38(42(50)46(54)44(52)40(36)48)34(37(35)41(49)45(53)43(39)51)29-16-8-18-31-32(29)28-14-5-6-17-30(28)55-31/h1-20H. The van der Waals surface area contributed by atoms with E-state index in [2.05, 4.69) is 60.7 Å². The maximum absolute atomic E-state index is 7.12. The molecule has 9 aromatic carbocycles. The third-order valence-electron chi connectivity index (χ3n) is 11.3. The second-order valence-corrected chi connectivity index (χ2v) is 14.1. The van der Waals surface area contributed by atoms with Gasteiger partial charge in [-0.3, -0.25) is 0 Å². The molecule has 16 radical (unpaired) electrons. The zero-order chi connectivity index (χ0) is 37.9. The fraction of sp³-hybridized carbons (Fsp3) is 0. The van der Waals surface area contributed by atoms with E-state index >= 15 is 0 Å². The predicted molar refractivity (Wildman–Crippen MR) is 243 cm³/mol. The molecule has 0 saturated carbocycles. The minimum atomic E-state index is 0.159. The van der Waals surface area contributed by atoms with Crippen molar-refractivity contribution in [3.8, 4) is 33.4 Å². The van der Waals surface area contributed by atoms with Gasteiger partial charge in [0.1, 0.15) is 73.9 Å². The Morgan fingerprint density at radius 3 is 1.29 bits per heavy atom. The van der Waals surface area contributed by atoms with E-state index in [9.17, 15) is 0 Å². The zero-order valence-electron chi connectivity index (χ0n) is 29.6. The highest BCUT2D eigenvalue weighted by molar-refractivity contribution is 6.71. The smallest absolute Gasteiger partial charge is 0.136 e. The van der Waals surface area contributed by atoms with Crippen molar-refractivity contribution >= 4 is 172 Å². The first-order chi connectivity index (χ1) is 26.7. The molecule has 55 heavy (non-hydrogen) atoms. The Balaban J connectivity index is 1.45. The fourth-order valence-corrected chi connectivity index (χ4v) is 8.68. The minimum absolute atomic E-state index is 0.159. The molecular weight excluding hydrogens is 655 g/mol. The van der Waals surface area contributed by atoms with Crippen LogP contribution in [0.4, 0.5) is 0 Å². The molecule has 0 amide bonds. The molecule has 0 unspecified atom stereocenters. The molecule has 9 heteroatoms. The van der Waals surface area contributed by atoms with Gasteiger partial charge in [0.15, 0.2) is 0 Å². The number of fused-ring (bicyclic) bond motifs is 7. The van der Waals surface area contributed by atoms with Crippen molar-refractivity contribution in [1.82, 2.24) is 0 Å². The first-order valence-corrected chi connectivity index (χ1v) is 17.8. The summed E-state index contributed by atoms with van der Waals surface area (Å²) in [6.07, 6.45) is 0. The molecule has 0 atom stereocenters. The molecule has 0 aliphatic rings. The summed E-state index contributed by atoms with van der Waals surface area (Å²) in [6, 6.07) is 40.9. The monoisotopic (exact) mass is 676 g/mol. The van der Waals surface area contributed by atoms with Gasteiger partial charge in [-0.05, 0) is 88.6 Å². The van der Waals surface area contributed by atoms with Crippen LogP contribution in [0.3, 0.4) is 0 Å². The maximum Gasteiger partial charge on any atom is 0.136 e. The van der Waals surface area contributed by atoms with Gasteiger partial charge < -0.3 is 4.42 Å². The zero-order valence-corrected chi connectivity index (χ0v) is 29.6. The summed E-state index contributed by atoms with van der Waals surface area (Å²) in [7, 11) is 55.3. The molecule has 234 valence electrons. The lowest BCUT2D eigenvalue weighted by molar-refractivity contribution is 0.669. The van der Waals surface area contributed by atoms with Crippen LogP contribution in [0.5, 0.6) is 0 Å². The Hall–Kier alpha value is -5.66. The lowest BCUT2D eigenvalue weighted by atomic mass is 9.59. The second-order valence-electron chi connectivity index (χ2n) is 14.1. The Morgan fingerprint density at radius 1 is 0.273 bits per heavy atom. The molecule has 0 aliphatic carbocycles. The topological polar surface area (TPSA) is 13.1 Å². The van der Waals surface area contributed by atoms with Gasteiger partial charge in [0, 0.05) is 10.8 Å². The Labute approximate surface area is 329 Å². The van der Waals surface area contributed by atoms with Crippen molar-refractivity contribution in [1.29, 1.82) is 0 Å². The van der Waals surface area contributed by atoms with Gasteiger partial charge in [0.25, 0.3) is 0 Å². The molecule has 10 rings (SSSR count). The van der Waals surface area contributed by atoms with Crippen molar-refractivity contribution in [3.63, 3.8) is 0 Å². The summed E-state index contributed by atoms with van der Waals surface area (Å²) in [4.78, 5) is 0. The first kappa shape index (κ1) is 33.9. The Kier molecular flexibility index (Phi) is 7.66. The summed E-state index contributed by atoms with van der Waals surface area (Å²) in [6.45, 7) is 0. The molecule has 1 nitrogen and oxygen atoms in total. The van der Waals surface area contributed by atoms with E-state index in [0.29, 0.717) is 38.3 Å². The molecule has 0 N–H and O–H groups in total. The van der Waals surface area contributed by atoms with Gasteiger partial charge >= 0.3 is 0 Å². The van der Waals surface area contributed by atoms with E-state index in [1.54, 1.807) is 0 Å². The van der Waals surface area contributed by atoms with Crippen LogP contribution in [0, 0.1) is 0 Å². The molecule has 0 bridgehead atoms. The van der Waals surface area contributed by atoms with Crippen LogP contribution in [0.2, 0.25) is 0 Å². The van der Waals surface area contributed by atoms with Crippen LogP contribution >= 0.6 is 0 Å². The van der Waals surface area contributed by atoms with E-state index in [1.165, 1.54) is 0 Å². The highest BCUT2D eigenvalue weighted by atomic mass is 16.3. The van der Waals surface area contributed by atoms with E-state index in [0.717, 1.165) is 60.2 Å². The summed E-state index contributed by atoms with van der Waals surface area (Å²) in [5.41, 5.74) is 8.07. The maximum atomic E-state index is 7.12. The van der Waals surface area contributed by atoms with Crippen LogP contribution in [0.15, 0.2) is 126 Å². The average molecular weight is 675 g/mol. The van der Waals surface area contributed by atoms with E-state index in [4.69, 9.17) is 67.2 Å². The van der Waals surface area contributed by atoms with Crippen LogP contribution in [0.1, 0.15) is 0 Å². The van der Waals surface area contributed by atoms with Gasteiger partial charge in [0.2, 0.25) is 0 Å². The van der Waals surface area contributed by atoms with Crippen LogP contribution in [-0.4, -0.2) is 62.8 Å². The van der Waals surface area contributed by atoms with Crippen LogP contribution < -0.4 is 43.7 Å². The van der Waals surface area contributed by atoms with Gasteiger partial charge in [-0.2, -0.15) is 0 Å². The third kappa shape index (κ3) is 4.72. The Bertz CT molecular complexity index is 3220. The molecule has 0 fully saturated rings. The molecule has 10 aromatic rings. The van der Waals surface area contributed by atoms with Crippen LogP contribution in [0.25, 0.3) is 98.4 Å². The van der Waals surface area contributed by atoms with E-state index in [1.807, 2.05) is 60.7 Å². The highest BCUT2D eigenvalue weighted by Crippen LogP contribution is 2.47. The number of furan rings is 1. The van der Waals surface area contributed by atoms with Crippen molar-refractivity contribution < 1.29 is 4.42 Å². The van der Waals surface area contributed by atoms with Crippen molar-refractivity contribution in [2.45, 2.75) is 0 Å². The Morgan fingerprint density at radius 2 is 0.673 bits per heavy atom. The summed E-state index contributed by atoms with van der Waals surface area (Å²) < 4.78 is 6.35. The quantitative estimate of drug-likeness (QED) is 0.207. The minimum Gasteiger partial charge on any atom is -0.456 e. The normalized spacial score (nSPS) is 11.9. The number of hydrogen-bond acceptors (Lipinski definition) is 1. The molecule has 0 saturated heterocycles. The average Bonchev–Trinajstić information content (AvgIpc) is 3.61. The highest BCUT2D eigenvalue weighted by Gasteiger charge is 2.27. The van der Waals surface area contributed by atoms with Gasteiger partial charge in [-0.25, -0.2) is 0 Å². The lowest BCUT2D eigenvalue weighted by Crippen LogP contribution is -2.50. The lowest BCUT2D eigenvalue weighted by Gasteiger charge is -2.29. The fourth-order valence-electron chi connectivity index (χ4n) is 8.68. The van der Waals surface area contributed by atoms with Crippen molar-refractivity contribution in [2.75, 3.05) is 0 Å². The SMILES string of the molecule is [B]c1c([B])c([B])c2c(-c3cccc4oc5ccccc5c34)c3c([B])c([B])c([B])c([B])c3c(-c3ccc(-c4cccc5ccccc45)c4ccccc34)c2c1[B]. The van der Waals surface area contributed by atoms with Crippen molar-refractivity contribution in [3.05, 3.63) is 121 Å².